The van der Waals surface area contributed by atoms with E-state index in [0.29, 0.717) is 17.2 Å². The number of rotatable bonds is 8. The average Bonchev–Trinajstić information content (AvgIpc) is 3.06. The molecule has 0 saturated carbocycles. The minimum atomic E-state index is -0.251. The van der Waals surface area contributed by atoms with E-state index in [1.165, 1.54) is 10.5 Å². The smallest absolute Gasteiger partial charge is 0.278 e. The van der Waals surface area contributed by atoms with Crippen molar-refractivity contribution in [3.63, 3.8) is 0 Å². The average molecular weight is 445 g/mol. The Morgan fingerprint density at radius 3 is 2.27 bits per heavy atom. The van der Waals surface area contributed by atoms with Crippen LogP contribution in [0.15, 0.2) is 72.9 Å². The number of ether oxygens (including phenoxy) is 1. The van der Waals surface area contributed by atoms with Crippen molar-refractivity contribution in [3.05, 3.63) is 84.1 Å². The normalized spacial score (nSPS) is 17.3. The lowest BCUT2D eigenvalue weighted by Gasteiger charge is -2.34. The molecule has 4 rings (SSSR count). The van der Waals surface area contributed by atoms with Gasteiger partial charge in [-0.1, -0.05) is 48.5 Å². The van der Waals surface area contributed by atoms with Gasteiger partial charge in [-0.2, -0.15) is 0 Å². The van der Waals surface area contributed by atoms with Crippen LogP contribution in [-0.4, -0.2) is 47.4 Å². The van der Waals surface area contributed by atoms with Crippen molar-refractivity contribution in [3.8, 4) is 5.75 Å². The van der Waals surface area contributed by atoms with Gasteiger partial charge < -0.3 is 9.64 Å². The monoisotopic (exact) mass is 444 g/mol. The molecule has 0 aliphatic carbocycles. The molecule has 2 amide bonds. The van der Waals surface area contributed by atoms with Crippen LogP contribution in [0.5, 0.6) is 5.75 Å². The minimum absolute atomic E-state index is 0.0700. The van der Waals surface area contributed by atoms with E-state index in [0.717, 1.165) is 43.7 Å². The van der Waals surface area contributed by atoms with Crippen LogP contribution in [0.3, 0.4) is 0 Å². The summed E-state index contributed by atoms with van der Waals surface area (Å²) in [5.74, 6) is 0.853. The van der Waals surface area contributed by atoms with Gasteiger partial charge in [0.25, 0.3) is 11.8 Å². The summed E-state index contributed by atoms with van der Waals surface area (Å²) in [4.78, 5) is 30.0. The summed E-state index contributed by atoms with van der Waals surface area (Å²) in [6.45, 7) is 9.42. The summed E-state index contributed by atoms with van der Waals surface area (Å²) in [5, 5.41) is 0. The molecule has 5 nitrogen and oxygen atoms in total. The summed E-state index contributed by atoms with van der Waals surface area (Å²) in [7, 11) is 0. The second-order valence-corrected chi connectivity index (χ2v) is 9.04. The maximum atomic E-state index is 13.3. The van der Waals surface area contributed by atoms with Gasteiger partial charge in [-0.05, 0) is 62.3 Å². The van der Waals surface area contributed by atoms with Crippen molar-refractivity contribution >= 4 is 17.4 Å². The van der Waals surface area contributed by atoms with Crippen molar-refractivity contribution in [1.29, 1.82) is 0 Å². The summed E-state index contributed by atoms with van der Waals surface area (Å²) in [6, 6.07) is 18.0. The Kier molecular flexibility index (Phi) is 6.97. The van der Waals surface area contributed by atoms with Crippen molar-refractivity contribution in [2.24, 2.45) is 5.92 Å². The number of hydrogen-bond acceptors (Lipinski definition) is 4. The van der Waals surface area contributed by atoms with E-state index in [2.05, 4.69) is 35.7 Å². The number of likely N-dealkylation sites (tertiary alicyclic amines) is 1. The highest BCUT2D eigenvalue weighted by atomic mass is 16.5. The molecular formula is C28H32N2O3. The van der Waals surface area contributed by atoms with E-state index in [9.17, 15) is 9.59 Å². The Bertz CT molecular complexity index is 1030. The Labute approximate surface area is 196 Å². The number of hydrogen-bond donors (Lipinski definition) is 0. The second kappa shape index (κ2) is 10.1. The van der Waals surface area contributed by atoms with E-state index >= 15 is 0 Å². The van der Waals surface area contributed by atoms with Crippen LogP contribution in [0, 0.1) is 5.92 Å². The predicted octanol–water partition coefficient (Wildman–Crippen LogP) is 4.69. The van der Waals surface area contributed by atoms with E-state index in [1.54, 1.807) is 6.08 Å². The highest BCUT2D eigenvalue weighted by Gasteiger charge is 2.41. The van der Waals surface area contributed by atoms with Crippen molar-refractivity contribution in [2.75, 3.05) is 19.6 Å². The molecule has 0 spiro atoms. The minimum Gasteiger partial charge on any atom is -0.491 e. The van der Waals surface area contributed by atoms with Crippen LogP contribution in [-0.2, 0) is 16.0 Å². The van der Waals surface area contributed by atoms with Gasteiger partial charge in [0.2, 0.25) is 0 Å². The molecule has 0 unspecified atom stereocenters. The van der Waals surface area contributed by atoms with Gasteiger partial charge in [-0.15, -0.1) is 6.58 Å². The fourth-order valence-electron chi connectivity index (χ4n) is 4.69. The number of piperidine rings is 1. The molecule has 172 valence electrons. The SMILES string of the molecule is C=CCN1C(=O)C(c2ccc(OC(C)C)cc2)=C(N2CCC(Cc3ccccc3)CC2)C1=O. The lowest BCUT2D eigenvalue weighted by atomic mass is 9.89. The second-order valence-electron chi connectivity index (χ2n) is 9.04. The zero-order valence-corrected chi connectivity index (χ0v) is 19.5. The lowest BCUT2D eigenvalue weighted by Crippen LogP contribution is -2.39. The van der Waals surface area contributed by atoms with E-state index in [4.69, 9.17) is 4.74 Å². The van der Waals surface area contributed by atoms with Gasteiger partial charge in [0, 0.05) is 19.6 Å². The zero-order chi connectivity index (χ0) is 23.4. The van der Waals surface area contributed by atoms with Crippen LogP contribution in [0.1, 0.15) is 37.8 Å². The van der Waals surface area contributed by atoms with Crippen LogP contribution in [0.4, 0.5) is 0 Å². The number of nitrogens with zero attached hydrogens (tertiary/aromatic N) is 2. The van der Waals surface area contributed by atoms with E-state index in [1.807, 2.05) is 44.2 Å². The zero-order valence-electron chi connectivity index (χ0n) is 19.5. The first-order valence-corrected chi connectivity index (χ1v) is 11.7. The number of amides is 2. The van der Waals surface area contributed by atoms with E-state index < -0.39 is 0 Å². The molecule has 0 radical (unpaired) electrons. The van der Waals surface area contributed by atoms with Crippen molar-refractivity contribution in [2.45, 2.75) is 39.2 Å². The van der Waals surface area contributed by atoms with Gasteiger partial charge in [0.15, 0.2) is 0 Å². The van der Waals surface area contributed by atoms with Crippen molar-refractivity contribution < 1.29 is 14.3 Å². The topological polar surface area (TPSA) is 49.9 Å². The quantitative estimate of drug-likeness (QED) is 0.438. The Morgan fingerprint density at radius 1 is 1.00 bits per heavy atom. The summed E-state index contributed by atoms with van der Waals surface area (Å²) in [5.41, 5.74) is 3.11. The van der Waals surface area contributed by atoms with Gasteiger partial charge in [-0.25, -0.2) is 0 Å². The first-order valence-electron chi connectivity index (χ1n) is 11.7. The molecule has 1 fully saturated rings. The van der Waals surface area contributed by atoms with Crippen LogP contribution >= 0.6 is 0 Å². The van der Waals surface area contributed by atoms with Gasteiger partial charge in [-0.3, -0.25) is 14.5 Å². The molecule has 5 heteroatoms. The molecule has 2 aliphatic rings. The van der Waals surface area contributed by atoms with Gasteiger partial charge >= 0.3 is 0 Å². The first kappa shape index (κ1) is 22.8. The molecule has 2 aromatic carbocycles. The number of benzene rings is 2. The molecular weight excluding hydrogens is 412 g/mol. The molecule has 0 bridgehead atoms. The molecule has 0 N–H and O–H groups in total. The maximum absolute atomic E-state index is 13.3. The summed E-state index contributed by atoms with van der Waals surface area (Å²) < 4.78 is 5.74. The number of carbonyl (C=O) groups excluding carboxylic acids is 2. The van der Waals surface area contributed by atoms with Crippen LogP contribution in [0.25, 0.3) is 5.57 Å². The molecule has 33 heavy (non-hydrogen) atoms. The molecule has 0 atom stereocenters. The third kappa shape index (κ3) is 5.03. The van der Waals surface area contributed by atoms with Crippen LogP contribution in [0.2, 0.25) is 0 Å². The number of carbonyl (C=O) groups is 2. The van der Waals surface area contributed by atoms with Gasteiger partial charge in [0.1, 0.15) is 11.4 Å². The van der Waals surface area contributed by atoms with Gasteiger partial charge in [0.05, 0.1) is 11.7 Å². The Hall–Kier alpha value is -3.34. The molecule has 1 saturated heterocycles. The molecule has 0 aromatic heterocycles. The predicted molar refractivity (Wildman–Crippen MR) is 130 cm³/mol. The third-order valence-corrected chi connectivity index (χ3v) is 6.27. The number of imide groups is 1. The van der Waals surface area contributed by atoms with E-state index in [-0.39, 0.29) is 24.5 Å². The molecule has 2 aliphatic heterocycles. The molecule has 2 heterocycles. The Morgan fingerprint density at radius 2 is 1.67 bits per heavy atom. The Balaban J connectivity index is 1.57. The molecule has 2 aromatic rings. The third-order valence-electron chi connectivity index (χ3n) is 6.27. The highest BCUT2D eigenvalue weighted by molar-refractivity contribution is 6.35. The largest absolute Gasteiger partial charge is 0.491 e. The standard InChI is InChI=1S/C28H32N2O3/c1-4-16-30-27(31)25(23-10-12-24(13-11-23)33-20(2)3)26(28(30)32)29-17-14-22(15-18-29)19-21-8-6-5-7-9-21/h4-13,20,22H,1,14-19H2,2-3H3. The first-order chi connectivity index (χ1) is 16.0. The fourth-order valence-corrected chi connectivity index (χ4v) is 4.69. The fraction of sp³-hybridized carbons (Fsp3) is 0.357. The lowest BCUT2D eigenvalue weighted by molar-refractivity contribution is -0.137. The van der Waals surface area contributed by atoms with Crippen LogP contribution < -0.4 is 4.74 Å². The summed E-state index contributed by atoms with van der Waals surface area (Å²) in [6.07, 6.45) is 4.71. The summed E-state index contributed by atoms with van der Waals surface area (Å²) >= 11 is 0. The highest BCUT2D eigenvalue weighted by Crippen LogP contribution is 2.35. The maximum Gasteiger partial charge on any atom is 0.278 e. The van der Waals surface area contributed by atoms with Crippen molar-refractivity contribution in [1.82, 2.24) is 9.80 Å².